The molecule has 1 amide bonds. The van der Waals surface area contributed by atoms with Crippen LogP contribution in [0.15, 0.2) is 54.9 Å². The first-order valence-corrected chi connectivity index (χ1v) is 7.94. The van der Waals surface area contributed by atoms with Crippen LogP contribution in [0.1, 0.15) is 22.3 Å². The molecule has 0 bridgehead atoms. The third-order valence-corrected chi connectivity index (χ3v) is 3.91. The second kappa shape index (κ2) is 7.08. The van der Waals surface area contributed by atoms with Crippen LogP contribution in [0.5, 0.6) is 0 Å². The van der Waals surface area contributed by atoms with Crippen LogP contribution in [0.25, 0.3) is 11.0 Å². The lowest BCUT2D eigenvalue weighted by Gasteiger charge is -2.06. The van der Waals surface area contributed by atoms with E-state index in [1.807, 2.05) is 47.9 Å². The highest BCUT2D eigenvalue weighted by atomic mass is 16.2. The van der Waals surface area contributed by atoms with Gasteiger partial charge in [-0.15, -0.1) is 0 Å². The molecule has 0 spiro atoms. The molecule has 1 heterocycles. The number of amides is 1. The maximum absolute atomic E-state index is 12.0. The molecule has 0 unspecified atom stereocenters. The molecule has 2 aromatic carbocycles. The van der Waals surface area contributed by atoms with Gasteiger partial charge in [-0.1, -0.05) is 42.0 Å². The summed E-state index contributed by atoms with van der Waals surface area (Å²) in [6, 6.07) is 14.9. The number of hydrogen-bond donors (Lipinski definition) is 1. The molecule has 5 heteroatoms. The van der Waals surface area contributed by atoms with Gasteiger partial charge in [-0.25, -0.2) is 4.98 Å². The van der Waals surface area contributed by atoms with Gasteiger partial charge in [0.1, 0.15) is 0 Å². The number of Topliss-reactive ketones (excluding diaryl/α,β-unsaturated/α-hetero) is 1. The lowest BCUT2D eigenvalue weighted by molar-refractivity contribution is -0.117. The number of rotatable bonds is 6. The van der Waals surface area contributed by atoms with Crippen LogP contribution in [-0.2, 0) is 11.3 Å². The van der Waals surface area contributed by atoms with Crippen LogP contribution in [-0.4, -0.2) is 27.8 Å². The second-order valence-corrected chi connectivity index (χ2v) is 5.73. The molecule has 0 aliphatic rings. The third-order valence-electron chi connectivity index (χ3n) is 3.91. The first kappa shape index (κ1) is 15.9. The van der Waals surface area contributed by atoms with Gasteiger partial charge >= 0.3 is 0 Å². The third kappa shape index (κ3) is 3.51. The molecule has 0 radical (unpaired) electrons. The van der Waals surface area contributed by atoms with Gasteiger partial charge in [-0.05, 0) is 25.5 Å². The van der Waals surface area contributed by atoms with Crippen molar-refractivity contribution in [1.82, 2.24) is 14.9 Å². The van der Waals surface area contributed by atoms with E-state index in [0.29, 0.717) is 12.1 Å². The fourth-order valence-electron chi connectivity index (χ4n) is 2.56. The summed E-state index contributed by atoms with van der Waals surface area (Å²) in [5.74, 6) is -1.06. The number of nitrogens with one attached hydrogen (secondary N) is 1. The molecule has 0 atom stereocenters. The van der Waals surface area contributed by atoms with Gasteiger partial charge in [-0.2, -0.15) is 0 Å². The number of nitrogens with zero attached hydrogens (tertiary/aromatic N) is 2. The number of imidazole rings is 1. The molecule has 0 fully saturated rings. The molecule has 0 aliphatic heterocycles. The minimum Gasteiger partial charge on any atom is -0.349 e. The van der Waals surface area contributed by atoms with Gasteiger partial charge in [-0.3, -0.25) is 9.59 Å². The number of ketones is 1. The van der Waals surface area contributed by atoms with Crippen molar-refractivity contribution in [2.75, 3.05) is 6.54 Å². The quantitative estimate of drug-likeness (QED) is 0.431. The van der Waals surface area contributed by atoms with Crippen LogP contribution < -0.4 is 5.32 Å². The molecular formula is C19H19N3O2. The average Bonchev–Trinajstić information content (AvgIpc) is 3.02. The zero-order valence-corrected chi connectivity index (χ0v) is 13.5. The number of aromatic nitrogens is 2. The van der Waals surface area contributed by atoms with E-state index in [9.17, 15) is 9.59 Å². The molecule has 122 valence electrons. The molecule has 3 aromatic rings. The van der Waals surface area contributed by atoms with E-state index >= 15 is 0 Å². The maximum atomic E-state index is 12.0. The molecule has 24 heavy (non-hydrogen) atoms. The van der Waals surface area contributed by atoms with Crippen molar-refractivity contribution >= 4 is 22.7 Å². The highest BCUT2D eigenvalue weighted by Crippen LogP contribution is 2.11. The van der Waals surface area contributed by atoms with Crippen molar-refractivity contribution in [3.8, 4) is 0 Å². The normalized spacial score (nSPS) is 10.7. The SMILES string of the molecule is Cc1ccc(C(=O)C(=O)NCCCn2cnc3ccccc32)cc1. The van der Waals surface area contributed by atoms with Crippen molar-refractivity contribution < 1.29 is 9.59 Å². The van der Waals surface area contributed by atoms with E-state index in [1.54, 1.807) is 18.5 Å². The fraction of sp³-hybridized carbons (Fsp3) is 0.211. The number of fused-ring (bicyclic) bond motifs is 1. The number of hydrogen-bond acceptors (Lipinski definition) is 3. The highest BCUT2D eigenvalue weighted by molar-refractivity contribution is 6.42. The largest absolute Gasteiger partial charge is 0.349 e. The van der Waals surface area contributed by atoms with Crippen molar-refractivity contribution in [3.63, 3.8) is 0 Å². The van der Waals surface area contributed by atoms with E-state index in [4.69, 9.17) is 0 Å². The van der Waals surface area contributed by atoms with E-state index in [0.717, 1.165) is 29.6 Å². The van der Waals surface area contributed by atoms with Crippen LogP contribution >= 0.6 is 0 Å². The van der Waals surface area contributed by atoms with E-state index in [2.05, 4.69) is 10.3 Å². The number of carbonyl (C=O) groups excluding carboxylic acids is 2. The van der Waals surface area contributed by atoms with Crippen molar-refractivity contribution in [1.29, 1.82) is 0 Å². The predicted octanol–water partition coefficient (Wildman–Crippen LogP) is 2.73. The van der Waals surface area contributed by atoms with Gasteiger partial charge in [0.25, 0.3) is 5.91 Å². The Labute approximate surface area is 140 Å². The predicted molar refractivity (Wildman–Crippen MR) is 92.9 cm³/mol. The minimum atomic E-state index is -0.561. The van der Waals surface area contributed by atoms with Crippen LogP contribution in [0, 0.1) is 6.92 Å². The monoisotopic (exact) mass is 321 g/mol. The van der Waals surface area contributed by atoms with Gasteiger partial charge in [0.15, 0.2) is 0 Å². The molecule has 3 rings (SSSR count). The Morgan fingerprint density at radius 1 is 1.08 bits per heavy atom. The number of carbonyl (C=O) groups is 2. The van der Waals surface area contributed by atoms with Crippen LogP contribution in [0.2, 0.25) is 0 Å². The van der Waals surface area contributed by atoms with E-state index in [-0.39, 0.29) is 0 Å². The average molecular weight is 321 g/mol. The Kier molecular flexibility index (Phi) is 4.70. The molecule has 1 N–H and O–H groups in total. The molecule has 5 nitrogen and oxygen atoms in total. The lowest BCUT2D eigenvalue weighted by Crippen LogP contribution is -2.32. The zero-order valence-electron chi connectivity index (χ0n) is 13.5. The second-order valence-electron chi connectivity index (χ2n) is 5.73. The molecule has 1 aromatic heterocycles. The zero-order chi connectivity index (χ0) is 16.9. The maximum Gasteiger partial charge on any atom is 0.292 e. The van der Waals surface area contributed by atoms with Crippen LogP contribution in [0.3, 0.4) is 0 Å². The van der Waals surface area contributed by atoms with E-state index < -0.39 is 11.7 Å². The van der Waals surface area contributed by atoms with Crippen molar-refractivity contribution in [2.45, 2.75) is 19.9 Å². The molecule has 0 saturated carbocycles. The summed E-state index contributed by atoms with van der Waals surface area (Å²) >= 11 is 0. The Hall–Kier alpha value is -2.95. The lowest BCUT2D eigenvalue weighted by atomic mass is 10.1. The summed E-state index contributed by atoms with van der Waals surface area (Å²) in [6.07, 6.45) is 2.53. The van der Waals surface area contributed by atoms with Crippen molar-refractivity contribution in [3.05, 3.63) is 66.0 Å². The summed E-state index contributed by atoms with van der Waals surface area (Å²) in [7, 11) is 0. The van der Waals surface area contributed by atoms with E-state index in [1.165, 1.54) is 0 Å². The first-order chi connectivity index (χ1) is 11.6. The highest BCUT2D eigenvalue weighted by Gasteiger charge is 2.15. The summed E-state index contributed by atoms with van der Waals surface area (Å²) in [5.41, 5.74) is 3.49. The number of aryl methyl sites for hydroxylation is 2. The fourth-order valence-corrected chi connectivity index (χ4v) is 2.56. The molecule has 0 saturated heterocycles. The summed E-state index contributed by atoms with van der Waals surface area (Å²) in [4.78, 5) is 28.3. The van der Waals surface area contributed by atoms with Crippen molar-refractivity contribution in [2.24, 2.45) is 0 Å². The van der Waals surface area contributed by atoms with Crippen LogP contribution in [0.4, 0.5) is 0 Å². The smallest absolute Gasteiger partial charge is 0.292 e. The Balaban J connectivity index is 1.50. The Morgan fingerprint density at radius 2 is 1.83 bits per heavy atom. The number of para-hydroxylation sites is 2. The van der Waals surface area contributed by atoms with Gasteiger partial charge in [0.05, 0.1) is 17.4 Å². The minimum absolute atomic E-state index is 0.415. The molecule has 0 aliphatic carbocycles. The van der Waals surface area contributed by atoms with Gasteiger partial charge in [0.2, 0.25) is 5.78 Å². The number of benzene rings is 2. The summed E-state index contributed by atoms with van der Waals surface area (Å²) in [6.45, 7) is 3.12. The Morgan fingerprint density at radius 3 is 2.62 bits per heavy atom. The first-order valence-electron chi connectivity index (χ1n) is 7.94. The Bertz CT molecular complexity index is 866. The standard InChI is InChI=1S/C19H19N3O2/c1-14-7-9-15(10-8-14)18(23)19(24)20-11-4-12-22-13-21-16-5-2-3-6-17(16)22/h2-3,5-10,13H,4,11-12H2,1H3,(H,20,24). The summed E-state index contributed by atoms with van der Waals surface area (Å²) in [5, 5.41) is 2.68. The topological polar surface area (TPSA) is 64.0 Å². The van der Waals surface area contributed by atoms with Gasteiger partial charge < -0.3 is 9.88 Å². The summed E-state index contributed by atoms with van der Waals surface area (Å²) < 4.78 is 2.04. The van der Waals surface area contributed by atoms with Gasteiger partial charge in [0, 0.05) is 18.7 Å². The molecular weight excluding hydrogens is 302 g/mol.